The number of fused-ring (bicyclic) bond motifs is 1. The Bertz CT molecular complexity index is 499. The van der Waals surface area contributed by atoms with Gasteiger partial charge in [0.05, 0.1) is 6.33 Å². The van der Waals surface area contributed by atoms with E-state index in [1.807, 2.05) is 12.5 Å². The zero-order valence-electron chi connectivity index (χ0n) is 15.0. The van der Waals surface area contributed by atoms with Crippen molar-refractivity contribution in [2.75, 3.05) is 0 Å². The smallest absolute Gasteiger partial charge is 0.223 e. The van der Waals surface area contributed by atoms with Gasteiger partial charge in [-0.2, -0.15) is 0 Å². The summed E-state index contributed by atoms with van der Waals surface area (Å²) in [5.74, 6) is 0.412. The Labute approximate surface area is 146 Å². The molecule has 1 atom stereocenters. The molecule has 0 bridgehead atoms. The molecule has 1 saturated carbocycles. The Morgan fingerprint density at radius 1 is 0.958 bits per heavy atom. The molecule has 1 aromatic heterocycles. The molecule has 0 saturated heterocycles. The van der Waals surface area contributed by atoms with Crippen LogP contribution >= 0.6 is 0 Å². The number of nitrogens with one attached hydrogen (secondary N) is 1. The molecule has 24 heavy (non-hydrogen) atoms. The van der Waals surface area contributed by atoms with Crippen LogP contribution < -0.4 is 5.32 Å². The van der Waals surface area contributed by atoms with E-state index in [9.17, 15) is 4.79 Å². The lowest BCUT2D eigenvalue weighted by atomic mass is 9.93. The molecule has 2 heterocycles. The van der Waals surface area contributed by atoms with Crippen molar-refractivity contribution < 1.29 is 4.79 Å². The van der Waals surface area contributed by atoms with Crippen molar-refractivity contribution in [2.24, 2.45) is 5.92 Å². The first-order valence-corrected chi connectivity index (χ1v) is 10.1. The summed E-state index contributed by atoms with van der Waals surface area (Å²) in [6.07, 6.45) is 20.0. The number of aryl methyl sites for hydroxylation is 1. The highest BCUT2D eigenvalue weighted by Gasteiger charge is 2.26. The Balaban J connectivity index is 1.49. The largest absolute Gasteiger partial charge is 0.353 e. The number of aromatic nitrogens is 2. The van der Waals surface area contributed by atoms with E-state index in [1.165, 1.54) is 63.5 Å². The molecule has 1 N–H and O–H groups in total. The maximum absolute atomic E-state index is 12.7. The van der Waals surface area contributed by atoms with Crippen LogP contribution in [0.25, 0.3) is 0 Å². The summed E-state index contributed by atoms with van der Waals surface area (Å²) in [4.78, 5) is 16.9. The second-order valence-electron chi connectivity index (χ2n) is 7.73. The van der Waals surface area contributed by atoms with Gasteiger partial charge in [0.2, 0.25) is 5.91 Å². The lowest BCUT2D eigenvalue weighted by molar-refractivity contribution is -0.126. The van der Waals surface area contributed by atoms with E-state index in [-0.39, 0.29) is 11.8 Å². The van der Waals surface area contributed by atoms with Crippen LogP contribution in [0.1, 0.15) is 82.7 Å². The molecular formula is C20H33N3O. The van der Waals surface area contributed by atoms with Crippen LogP contribution in [0.2, 0.25) is 0 Å². The normalized spacial score (nSPS) is 24.4. The highest BCUT2D eigenvalue weighted by atomic mass is 16.1. The number of imidazole rings is 1. The third kappa shape index (κ3) is 5.09. The number of nitrogens with zero attached hydrogens (tertiary/aromatic N) is 2. The average Bonchev–Trinajstić information content (AvgIpc) is 3.05. The lowest BCUT2D eigenvalue weighted by Gasteiger charge is -2.26. The van der Waals surface area contributed by atoms with E-state index in [2.05, 4.69) is 14.9 Å². The third-order valence-electron chi connectivity index (χ3n) is 5.79. The summed E-state index contributed by atoms with van der Waals surface area (Å²) < 4.78 is 2.18. The van der Waals surface area contributed by atoms with Gasteiger partial charge >= 0.3 is 0 Å². The predicted molar refractivity (Wildman–Crippen MR) is 96.8 cm³/mol. The maximum atomic E-state index is 12.7. The fourth-order valence-corrected chi connectivity index (χ4v) is 4.22. The Morgan fingerprint density at radius 3 is 2.25 bits per heavy atom. The lowest BCUT2D eigenvalue weighted by Crippen LogP contribution is -2.41. The highest BCUT2D eigenvalue weighted by Crippen LogP contribution is 2.22. The quantitative estimate of drug-likeness (QED) is 0.881. The molecule has 1 unspecified atom stereocenters. The fourth-order valence-electron chi connectivity index (χ4n) is 4.22. The van der Waals surface area contributed by atoms with Crippen molar-refractivity contribution >= 4 is 5.91 Å². The first kappa shape index (κ1) is 17.5. The van der Waals surface area contributed by atoms with Crippen LogP contribution in [0.4, 0.5) is 0 Å². The Hall–Kier alpha value is -1.32. The summed E-state index contributed by atoms with van der Waals surface area (Å²) in [5.41, 5.74) is 1.21. The standard InChI is InChI=1S/C20H33N3O/c24-20(17-12-13-23-16-21-15-19(23)14-17)22-18-10-8-6-4-2-1-3-5-7-9-11-18/h15-18H,1-14H2,(H,22,24). The van der Waals surface area contributed by atoms with Crippen molar-refractivity contribution in [3.63, 3.8) is 0 Å². The molecule has 0 aromatic carbocycles. The zero-order chi connectivity index (χ0) is 16.6. The Morgan fingerprint density at radius 2 is 1.58 bits per heavy atom. The molecule has 1 fully saturated rings. The molecule has 0 spiro atoms. The minimum Gasteiger partial charge on any atom is -0.353 e. The molecule has 1 aromatic rings. The van der Waals surface area contributed by atoms with Crippen molar-refractivity contribution in [1.29, 1.82) is 0 Å². The van der Waals surface area contributed by atoms with Crippen LogP contribution in [0.15, 0.2) is 12.5 Å². The first-order valence-electron chi connectivity index (χ1n) is 10.1. The van der Waals surface area contributed by atoms with Gasteiger partial charge in [0.1, 0.15) is 0 Å². The fraction of sp³-hybridized carbons (Fsp3) is 0.800. The van der Waals surface area contributed by atoms with Gasteiger partial charge < -0.3 is 9.88 Å². The number of rotatable bonds is 2. The summed E-state index contributed by atoms with van der Waals surface area (Å²) in [5, 5.41) is 3.39. The molecule has 1 amide bonds. The van der Waals surface area contributed by atoms with Crippen LogP contribution in [0.3, 0.4) is 0 Å². The van der Waals surface area contributed by atoms with Gasteiger partial charge in [0.25, 0.3) is 0 Å². The molecule has 1 aliphatic carbocycles. The van der Waals surface area contributed by atoms with Gasteiger partial charge in [-0.25, -0.2) is 4.98 Å². The predicted octanol–water partition coefficient (Wildman–Crippen LogP) is 4.24. The van der Waals surface area contributed by atoms with Gasteiger partial charge in [-0.05, 0) is 19.3 Å². The second-order valence-corrected chi connectivity index (χ2v) is 7.73. The van der Waals surface area contributed by atoms with E-state index >= 15 is 0 Å². The molecular weight excluding hydrogens is 298 g/mol. The van der Waals surface area contributed by atoms with Crippen molar-refractivity contribution in [1.82, 2.24) is 14.9 Å². The molecule has 3 rings (SSSR count). The van der Waals surface area contributed by atoms with Crippen LogP contribution in [0, 0.1) is 5.92 Å². The minimum atomic E-state index is 0.135. The number of carbonyl (C=O) groups is 1. The second kappa shape index (κ2) is 9.24. The average molecular weight is 332 g/mol. The molecule has 2 aliphatic rings. The Kier molecular flexibility index (Phi) is 6.74. The van der Waals surface area contributed by atoms with E-state index in [0.717, 1.165) is 32.2 Å². The zero-order valence-corrected chi connectivity index (χ0v) is 15.0. The molecule has 4 nitrogen and oxygen atoms in total. The molecule has 134 valence electrons. The SMILES string of the molecule is O=C(NC1CCCCCCCCCCC1)C1CCn2cncc2C1. The summed E-state index contributed by atoms with van der Waals surface area (Å²) in [7, 11) is 0. The number of hydrogen-bond donors (Lipinski definition) is 1. The molecule has 4 heteroatoms. The van der Waals surface area contributed by atoms with E-state index in [0.29, 0.717) is 6.04 Å². The van der Waals surface area contributed by atoms with Gasteiger partial charge in [-0.1, -0.05) is 57.8 Å². The van der Waals surface area contributed by atoms with E-state index < -0.39 is 0 Å². The van der Waals surface area contributed by atoms with Crippen molar-refractivity contribution in [2.45, 2.75) is 96.1 Å². The van der Waals surface area contributed by atoms with Gasteiger partial charge in [-0.3, -0.25) is 4.79 Å². The third-order valence-corrected chi connectivity index (χ3v) is 5.79. The number of amides is 1. The summed E-state index contributed by atoms with van der Waals surface area (Å²) >= 11 is 0. The van der Waals surface area contributed by atoms with Gasteiger partial charge in [0.15, 0.2) is 0 Å². The van der Waals surface area contributed by atoms with Crippen LogP contribution in [0.5, 0.6) is 0 Å². The van der Waals surface area contributed by atoms with Crippen LogP contribution in [-0.4, -0.2) is 21.5 Å². The molecule has 0 radical (unpaired) electrons. The van der Waals surface area contributed by atoms with Crippen molar-refractivity contribution in [3.8, 4) is 0 Å². The maximum Gasteiger partial charge on any atom is 0.223 e. The monoisotopic (exact) mass is 331 g/mol. The summed E-state index contributed by atoms with van der Waals surface area (Å²) in [6, 6.07) is 0.392. The van der Waals surface area contributed by atoms with Crippen molar-refractivity contribution in [3.05, 3.63) is 18.2 Å². The number of carbonyl (C=O) groups excluding carboxylic acids is 1. The van der Waals surface area contributed by atoms with Gasteiger partial charge in [0, 0.05) is 36.8 Å². The highest BCUT2D eigenvalue weighted by molar-refractivity contribution is 5.79. The van der Waals surface area contributed by atoms with Gasteiger partial charge in [-0.15, -0.1) is 0 Å². The topological polar surface area (TPSA) is 46.9 Å². The number of hydrogen-bond acceptors (Lipinski definition) is 2. The van der Waals surface area contributed by atoms with E-state index in [4.69, 9.17) is 0 Å². The summed E-state index contributed by atoms with van der Waals surface area (Å²) in [6.45, 7) is 0.929. The first-order chi connectivity index (χ1) is 11.8. The van der Waals surface area contributed by atoms with E-state index in [1.54, 1.807) is 0 Å². The van der Waals surface area contributed by atoms with Crippen LogP contribution in [-0.2, 0) is 17.8 Å². The minimum absolute atomic E-state index is 0.135. The molecule has 1 aliphatic heterocycles.